The molecule has 4 unspecified atom stereocenters. The Morgan fingerprint density at radius 3 is 2.05 bits per heavy atom. The maximum atomic E-state index is 13.0. The lowest BCUT2D eigenvalue weighted by Gasteiger charge is -2.57. The van der Waals surface area contributed by atoms with E-state index in [0.29, 0.717) is 30.3 Å². The minimum Gasteiger partial charge on any atom is -0.465 e. The van der Waals surface area contributed by atoms with Gasteiger partial charge in [0.1, 0.15) is 0 Å². The third-order valence-corrected chi connectivity index (χ3v) is 10.1. The van der Waals surface area contributed by atoms with Crippen LogP contribution < -0.4 is 0 Å². The third-order valence-electron chi connectivity index (χ3n) is 10.1. The van der Waals surface area contributed by atoms with Gasteiger partial charge in [-0.1, -0.05) is 86.5 Å². The summed E-state index contributed by atoms with van der Waals surface area (Å²) in [6, 6.07) is 0. The van der Waals surface area contributed by atoms with E-state index in [-0.39, 0.29) is 23.4 Å². The van der Waals surface area contributed by atoms with E-state index < -0.39 is 0 Å². The van der Waals surface area contributed by atoms with Crippen molar-refractivity contribution in [3.8, 4) is 0 Å². The van der Waals surface area contributed by atoms with Crippen LogP contribution in [0.1, 0.15) is 151 Å². The van der Waals surface area contributed by atoms with Crippen molar-refractivity contribution in [2.24, 2.45) is 28.1 Å². The van der Waals surface area contributed by atoms with Gasteiger partial charge in [0.2, 0.25) is 0 Å². The Kier molecular flexibility index (Phi) is 14.7. The molecule has 38 heavy (non-hydrogen) atoms. The SMILES string of the molecule is CCCCCC(CCCCC)CC(=O)OCC1(C)CC2CC(C)(CCCCN(CC)CC)CC(CO)(C2)C1. The zero-order chi connectivity index (χ0) is 28.1. The van der Waals surface area contributed by atoms with Gasteiger partial charge in [0.25, 0.3) is 0 Å². The smallest absolute Gasteiger partial charge is 0.306 e. The molecule has 2 saturated carbocycles. The number of aliphatic hydroxyl groups is 1. The zero-order valence-electron chi connectivity index (χ0n) is 26.4. The Bertz CT molecular complexity index is 654. The molecule has 0 saturated heterocycles. The maximum absolute atomic E-state index is 13.0. The summed E-state index contributed by atoms with van der Waals surface area (Å²) >= 11 is 0. The predicted molar refractivity (Wildman–Crippen MR) is 161 cm³/mol. The molecule has 2 rings (SSSR count). The first-order valence-corrected chi connectivity index (χ1v) is 16.6. The number of nitrogens with zero attached hydrogens (tertiary/aromatic N) is 1. The highest BCUT2D eigenvalue weighted by Gasteiger charge is 2.53. The third kappa shape index (κ3) is 11.1. The minimum absolute atomic E-state index is 0.00120. The van der Waals surface area contributed by atoms with Crippen molar-refractivity contribution in [1.29, 1.82) is 0 Å². The van der Waals surface area contributed by atoms with E-state index in [1.165, 1.54) is 70.8 Å². The molecule has 0 amide bonds. The first kappa shape index (κ1) is 33.6. The fourth-order valence-electron chi connectivity index (χ4n) is 8.55. The van der Waals surface area contributed by atoms with Crippen molar-refractivity contribution in [2.45, 2.75) is 151 Å². The van der Waals surface area contributed by atoms with Gasteiger partial charge in [-0.25, -0.2) is 0 Å². The van der Waals surface area contributed by atoms with Crippen LogP contribution in [0.4, 0.5) is 0 Å². The molecule has 4 nitrogen and oxygen atoms in total. The van der Waals surface area contributed by atoms with Gasteiger partial charge in [-0.2, -0.15) is 0 Å². The Morgan fingerprint density at radius 1 is 0.868 bits per heavy atom. The van der Waals surface area contributed by atoms with E-state index in [0.717, 1.165) is 51.6 Å². The lowest BCUT2D eigenvalue weighted by molar-refractivity contribution is -0.155. The number of aliphatic hydroxyl groups excluding tert-OH is 1. The molecular weight excluding hydrogens is 470 g/mol. The lowest BCUT2D eigenvalue weighted by Crippen LogP contribution is -2.50. The summed E-state index contributed by atoms with van der Waals surface area (Å²) < 4.78 is 6.03. The van der Waals surface area contributed by atoms with E-state index >= 15 is 0 Å². The number of ether oxygens (including phenoxy) is 1. The molecule has 224 valence electrons. The molecule has 2 fully saturated rings. The molecule has 4 heteroatoms. The summed E-state index contributed by atoms with van der Waals surface area (Å²) in [5.41, 5.74) is 0.321. The van der Waals surface area contributed by atoms with Gasteiger partial charge >= 0.3 is 5.97 Å². The first-order valence-electron chi connectivity index (χ1n) is 16.6. The second-order valence-corrected chi connectivity index (χ2v) is 14.3. The largest absolute Gasteiger partial charge is 0.465 e. The van der Waals surface area contributed by atoms with E-state index in [2.05, 4.69) is 46.4 Å². The van der Waals surface area contributed by atoms with E-state index in [9.17, 15) is 9.90 Å². The van der Waals surface area contributed by atoms with Crippen LogP contribution in [0.2, 0.25) is 0 Å². The van der Waals surface area contributed by atoms with Gasteiger partial charge in [-0.05, 0) is 100 Å². The number of unbranched alkanes of at least 4 members (excludes halogenated alkanes) is 5. The number of carbonyl (C=O) groups excluding carboxylic acids is 1. The number of fused-ring (bicyclic) bond motifs is 2. The van der Waals surface area contributed by atoms with Crippen LogP contribution in [0.5, 0.6) is 0 Å². The normalized spacial score (nSPS) is 29.2. The van der Waals surface area contributed by atoms with Gasteiger partial charge in [0, 0.05) is 18.4 Å². The van der Waals surface area contributed by atoms with Gasteiger partial charge < -0.3 is 14.7 Å². The number of rotatable bonds is 20. The van der Waals surface area contributed by atoms with Gasteiger partial charge in [0.05, 0.1) is 6.61 Å². The predicted octanol–water partition coefficient (Wildman–Crippen LogP) is 8.79. The molecule has 0 aromatic carbocycles. The molecular formula is C34H65NO3. The van der Waals surface area contributed by atoms with Crippen molar-refractivity contribution >= 4 is 5.97 Å². The molecule has 0 spiro atoms. The highest BCUT2D eigenvalue weighted by molar-refractivity contribution is 5.69. The summed E-state index contributed by atoms with van der Waals surface area (Å²) in [6.45, 7) is 18.1. The van der Waals surface area contributed by atoms with Gasteiger partial charge in [0.15, 0.2) is 0 Å². The van der Waals surface area contributed by atoms with Crippen LogP contribution in [0.3, 0.4) is 0 Å². The fraction of sp³-hybridized carbons (Fsp3) is 0.971. The minimum atomic E-state index is -0.00862. The Hall–Kier alpha value is -0.610. The first-order chi connectivity index (χ1) is 18.1. The van der Waals surface area contributed by atoms with E-state index in [4.69, 9.17) is 4.74 Å². The number of esters is 1. The van der Waals surface area contributed by atoms with Crippen molar-refractivity contribution in [3.63, 3.8) is 0 Å². The van der Waals surface area contributed by atoms with Crippen molar-refractivity contribution in [2.75, 3.05) is 32.8 Å². The lowest BCUT2D eigenvalue weighted by atomic mass is 9.48. The fourth-order valence-corrected chi connectivity index (χ4v) is 8.55. The summed E-state index contributed by atoms with van der Waals surface area (Å²) in [4.78, 5) is 15.5. The van der Waals surface area contributed by atoms with Crippen LogP contribution in [0.15, 0.2) is 0 Å². The topological polar surface area (TPSA) is 49.8 Å². The Morgan fingerprint density at radius 2 is 1.47 bits per heavy atom. The molecule has 2 aliphatic carbocycles. The maximum Gasteiger partial charge on any atom is 0.306 e. The summed E-state index contributed by atoms with van der Waals surface area (Å²) in [7, 11) is 0. The van der Waals surface area contributed by atoms with E-state index in [1.54, 1.807) is 0 Å². The van der Waals surface area contributed by atoms with Crippen molar-refractivity contribution < 1.29 is 14.6 Å². The molecule has 0 radical (unpaired) electrons. The number of hydrogen-bond acceptors (Lipinski definition) is 4. The van der Waals surface area contributed by atoms with Crippen molar-refractivity contribution in [1.82, 2.24) is 4.90 Å². The van der Waals surface area contributed by atoms with Crippen LogP contribution >= 0.6 is 0 Å². The van der Waals surface area contributed by atoms with E-state index in [1.807, 2.05) is 0 Å². The molecule has 0 aromatic heterocycles. The average Bonchev–Trinajstić information content (AvgIpc) is 2.87. The molecule has 2 aliphatic rings. The van der Waals surface area contributed by atoms with Crippen molar-refractivity contribution in [3.05, 3.63) is 0 Å². The van der Waals surface area contributed by atoms with Gasteiger partial charge in [-0.15, -0.1) is 0 Å². The molecule has 4 atom stereocenters. The Labute approximate surface area is 237 Å². The standard InChI is InChI=1S/C34H65NO3/c1-7-11-13-17-29(18-14-12-8-2)21-31(37)38-28-33(6)23-30-22-32(5,25-34(24-30,26-33)27-36)19-15-16-20-35(9-3)10-4/h29-30,36H,7-28H2,1-6H3. The monoisotopic (exact) mass is 535 g/mol. The Balaban J connectivity index is 1.89. The molecule has 1 N–H and O–H groups in total. The van der Waals surface area contributed by atoms with Gasteiger partial charge in [-0.3, -0.25) is 4.79 Å². The summed E-state index contributed by atoms with van der Waals surface area (Å²) in [5.74, 6) is 1.12. The highest BCUT2D eigenvalue weighted by atomic mass is 16.5. The van der Waals surface area contributed by atoms with Crippen LogP contribution in [-0.4, -0.2) is 48.8 Å². The summed E-state index contributed by atoms with van der Waals surface area (Å²) in [6.07, 6.45) is 19.8. The number of carbonyl (C=O) groups is 1. The highest BCUT2D eigenvalue weighted by Crippen LogP contribution is 2.61. The average molecular weight is 536 g/mol. The zero-order valence-corrected chi connectivity index (χ0v) is 26.4. The quantitative estimate of drug-likeness (QED) is 0.125. The molecule has 0 aromatic rings. The second kappa shape index (κ2) is 16.6. The van der Waals surface area contributed by atoms with Crippen LogP contribution in [0, 0.1) is 28.1 Å². The molecule has 2 bridgehead atoms. The summed E-state index contributed by atoms with van der Waals surface area (Å²) in [5, 5.41) is 10.7. The van der Waals surface area contributed by atoms with Crippen LogP contribution in [-0.2, 0) is 9.53 Å². The van der Waals surface area contributed by atoms with Crippen LogP contribution in [0.25, 0.3) is 0 Å². The second-order valence-electron chi connectivity index (χ2n) is 14.3. The molecule has 0 heterocycles. The number of hydrogen-bond donors (Lipinski definition) is 1. The molecule has 0 aliphatic heterocycles.